The fourth-order valence-corrected chi connectivity index (χ4v) is 3.38. The second-order valence-electron chi connectivity index (χ2n) is 4.86. The second-order valence-corrected chi connectivity index (χ2v) is 6.56. The molecule has 0 aliphatic heterocycles. The number of fused-ring (bicyclic) bond motifs is 3. The highest BCUT2D eigenvalue weighted by molar-refractivity contribution is 9.10. The van der Waals surface area contributed by atoms with E-state index < -0.39 is 0 Å². The Kier molecular flexibility index (Phi) is 3.16. The molecule has 0 saturated carbocycles. The molecule has 21 heavy (non-hydrogen) atoms. The number of para-hydroxylation sites is 1. The first-order valence-corrected chi connectivity index (χ1v) is 8.24. The first kappa shape index (κ1) is 13.2. The molecule has 0 amide bonds. The van der Waals surface area contributed by atoms with E-state index in [0.29, 0.717) is 0 Å². The summed E-state index contributed by atoms with van der Waals surface area (Å²) in [7, 11) is 0. The zero-order valence-corrected chi connectivity index (χ0v) is 14.0. The lowest BCUT2D eigenvalue weighted by molar-refractivity contribution is 0.497. The highest BCUT2D eigenvalue weighted by Gasteiger charge is 2.16. The van der Waals surface area contributed by atoms with Crippen LogP contribution in [0.3, 0.4) is 0 Å². The molecule has 0 saturated heterocycles. The van der Waals surface area contributed by atoms with E-state index in [1.54, 1.807) is 0 Å². The number of hydrogen-bond acceptors (Lipinski definition) is 2. The molecule has 4 heteroatoms. The van der Waals surface area contributed by atoms with Gasteiger partial charge in [0.15, 0.2) is 4.67 Å². The van der Waals surface area contributed by atoms with Crippen molar-refractivity contribution in [2.45, 2.75) is 4.83 Å². The number of rotatable bonds is 2. The van der Waals surface area contributed by atoms with Gasteiger partial charge in [-0.2, -0.15) is 0 Å². The molecule has 0 fully saturated rings. The molecule has 4 rings (SSSR count). The van der Waals surface area contributed by atoms with Gasteiger partial charge in [0.1, 0.15) is 16.9 Å². The first-order chi connectivity index (χ1) is 10.2. The van der Waals surface area contributed by atoms with E-state index in [0.717, 1.165) is 37.9 Å². The molecule has 2 nitrogen and oxygen atoms in total. The molecule has 2 aromatic carbocycles. The van der Waals surface area contributed by atoms with Crippen molar-refractivity contribution in [3.63, 3.8) is 0 Å². The minimum atomic E-state index is 0.0156. The Balaban J connectivity index is 1.88. The van der Waals surface area contributed by atoms with Crippen molar-refractivity contribution in [1.82, 2.24) is 0 Å². The van der Waals surface area contributed by atoms with Gasteiger partial charge in [0.25, 0.3) is 0 Å². The summed E-state index contributed by atoms with van der Waals surface area (Å²) >= 11 is 7.04. The molecule has 0 aliphatic carbocycles. The topological polar surface area (TPSA) is 26.3 Å². The summed E-state index contributed by atoms with van der Waals surface area (Å²) in [6.45, 7) is 0. The number of halogens is 2. The van der Waals surface area contributed by atoms with E-state index >= 15 is 0 Å². The third kappa shape index (κ3) is 2.23. The van der Waals surface area contributed by atoms with Gasteiger partial charge in [0.2, 0.25) is 0 Å². The van der Waals surface area contributed by atoms with E-state index in [1.807, 2.05) is 36.4 Å². The van der Waals surface area contributed by atoms with Crippen molar-refractivity contribution in [3.05, 3.63) is 70.6 Å². The van der Waals surface area contributed by atoms with Gasteiger partial charge in [-0.15, -0.1) is 0 Å². The molecule has 2 heterocycles. The lowest BCUT2D eigenvalue weighted by Gasteiger charge is -2.07. The Labute approximate surface area is 138 Å². The molecule has 104 valence electrons. The van der Waals surface area contributed by atoms with Gasteiger partial charge in [-0.25, -0.2) is 0 Å². The van der Waals surface area contributed by atoms with E-state index in [1.165, 1.54) is 0 Å². The van der Waals surface area contributed by atoms with E-state index in [4.69, 9.17) is 8.83 Å². The zero-order valence-electron chi connectivity index (χ0n) is 10.8. The summed E-state index contributed by atoms with van der Waals surface area (Å²) in [5.41, 5.74) is 2.95. The van der Waals surface area contributed by atoms with Gasteiger partial charge in [-0.1, -0.05) is 40.2 Å². The van der Waals surface area contributed by atoms with Crippen molar-refractivity contribution in [2.24, 2.45) is 0 Å². The molecule has 1 atom stereocenters. The number of furan rings is 2. The molecule has 0 N–H and O–H groups in total. The van der Waals surface area contributed by atoms with Gasteiger partial charge in [-0.3, -0.25) is 0 Å². The Morgan fingerprint density at radius 3 is 2.43 bits per heavy atom. The van der Waals surface area contributed by atoms with Gasteiger partial charge in [0.05, 0.1) is 4.83 Å². The minimum absolute atomic E-state index is 0.0156. The van der Waals surface area contributed by atoms with Crippen molar-refractivity contribution >= 4 is 53.8 Å². The standard InChI is InChI=1S/C17H10Br2O2/c18-16-8-7-15(21-16)17(19)10-5-6-14-12(9-10)11-3-1-2-4-13(11)20-14/h1-9,17H. The Morgan fingerprint density at radius 2 is 1.62 bits per heavy atom. The maximum atomic E-state index is 5.85. The van der Waals surface area contributed by atoms with Gasteiger partial charge < -0.3 is 8.83 Å². The van der Waals surface area contributed by atoms with Gasteiger partial charge in [0, 0.05) is 10.8 Å². The minimum Gasteiger partial charge on any atom is -0.456 e. The van der Waals surface area contributed by atoms with Crippen molar-refractivity contribution in [1.29, 1.82) is 0 Å². The molecular formula is C17H10Br2O2. The van der Waals surface area contributed by atoms with Crippen LogP contribution in [0, 0.1) is 0 Å². The predicted octanol–water partition coefficient (Wildman–Crippen LogP) is 6.43. The summed E-state index contributed by atoms with van der Waals surface area (Å²) in [5.74, 6) is 0.869. The van der Waals surface area contributed by atoms with Crippen LogP contribution < -0.4 is 0 Å². The molecule has 0 spiro atoms. The highest BCUT2D eigenvalue weighted by Crippen LogP contribution is 2.36. The summed E-state index contributed by atoms with van der Waals surface area (Å²) in [4.78, 5) is 0.0156. The first-order valence-electron chi connectivity index (χ1n) is 6.53. The van der Waals surface area contributed by atoms with Crippen molar-refractivity contribution < 1.29 is 8.83 Å². The van der Waals surface area contributed by atoms with E-state index in [9.17, 15) is 0 Å². The number of benzene rings is 2. The van der Waals surface area contributed by atoms with Crippen LogP contribution in [0.15, 0.2) is 68.1 Å². The van der Waals surface area contributed by atoms with Crippen LogP contribution in [0.2, 0.25) is 0 Å². The summed E-state index contributed by atoms with van der Waals surface area (Å²) < 4.78 is 12.2. The molecule has 2 aromatic heterocycles. The highest BCUT2D eigenvalue weighted by atomic mass is 79.9. The lowest BCUT2D eigenvalue weighted by Crippen LogP contribution is -1.89. The van der Waals surface area contributed by atoms with Crippen molar-refractivity contribution in [3.8, 4) is 0 Å². The van der Waals surface area contributed by atoms with Crippen LogP contribution in [0.1, 0.15) is 16.2 Å². The van der Waals surface area contributed by atoms with E-state index in [-0.39, 0.29) is 4.83 Å². The van der Waals surface area contributed by atoms with Gasteiger partial charge >= 0.3 is 0 Å². The van der Waals surface area contributed by atoms with Crippen LogP contribution in [0.5, 0.6) is 0 Å². The molecule has 0 aliphatic rings. The van der Waals surface area contributed by atoms with Crippen molar-refractivity contribution in [2.75, 3.05) is 0 Å². The SMILES string of the molecule is Brc1ccc(C(Br)c2ccc3oc4ccccc4c3c2)o1. The zero-order chi connectivity index (χ0) is 14.4. The monoisotopic (exact) mass is 404 g/mol. The van der Waals surface area contributed by atoms with Crippen LogP contribution in [0.4, 0.5) is 0 Å². The smallest absolute Gasteiger partial charge is 0.169 e. The normalized spacial score (nSPS) is 13.0. The van der Waals surface area contributed by atoms with Crippen LogP contribution in [-0.2, 0) is 0 Å². The summed E-state index contributed by atoms with van der Waals surface area (Å²) in [5, 5.41) is 2.26. The number of hydrogen-bond donors (Lipinski definition) is 0. The van der Waals surface area contributed by atoms with Crippen LogP contribution in [0.25, 0.3) is 21.9 Å². The largest absolute Gasteiger partial charge is 0.456 e. The third-order valence-electron chi connectivity index (χ3n) is 3.54. The number of alkyl halides is 1. The Morgan fingerprint density at radius 1 is 0.810 bits per heavy atom. The second kappa shape index (κ2) is 5.04. The maximum Gasteiger partial charge on any atom is 0.169 e. The third-order valence-corrected chi connectivity index (χ3v) is 4.94. The molecule has 0 radical (unpaired) electrons. The fraction of sp³-hybridized carbons (Fsp3) is 0.0588. The fourth-order valence-electron chi connectivity index (χ4n) is 2.53. The van der Waals surface area contributed by atoms with Crippen LogP contribution >= 0.6 is 31.9 Å². The lowest BCUT2D eigenvalue weighted by atomic mass is 10.1. The molecule has 1 unspecified atom stereocenters. The predicted molar refractivity (Wildman–Crippen MR) is 90.9 cm³/mol. The summed E-state index contributed by atoms with van der Waals surface area (Å²) in [6, 6.07) is 18.2. The van der Waals surface area contributed by atoms with Crippen LogP contribution in [-0.4, -0.2) is 0 Å². The molecule has 4 aromatic rings. The maximum absolute atomic E-state index is 5.85. The quantitative estimate of drug-likeness (QED) is 0.359. The van der Waals surface area contributed by atoms with Gasteiger partial charge in [-0.05, 0) is 51.8 Å². The Bertz CT molecular complexity index is 936. The average molecular weight is 406 g/mol. The Hall–Kier alpha value is -1.52. The molecule has 0 bridgehead atoms. The average Bonchev–Trinajstić information content (AvgIpc) is 3.09. The molecular weight excluding hydrogens is 396 g/mol. The summed E-state index contributed by atoms with van der Waals surface area (Å²) in [6.07, 6.45) is 0. The van der Waals surface area contributed by atoms with E-state index in [2.05, 4.69) is 50.1 Å².